The molecular formula is C15H17N3O3. The summed E-state index contributed by atoms with van der Waals surface area (Å²) in [5, 5.41) is 8.77. The molecule has 0 unspecified atom stereocenters. The maximum Gasteiger partial charge on any atom is 0.320 e. The summed E-state index contributed by atoms with van der Waals surface area (Å²) in [6, 6.07) is 8.94. The lowest BCUT2D eigenvalue weighted by molar-refractivity contribution is -0.144. The minimum atomic E-state index is -0.308. The molecule has 0 bridgehead atoms. The predicted octanol–water partition coefficient (Wildman–Crippen LogP) is 0.770. The summed E-state index contributed by atoms with van der Waals surface area (Å²) >= 11 is 0. The first-order valence-corrected chi connectivity index (χ1v) is 6.82. The van der Waals surface area contributed by atoms with E-state index in [0.717, 1.165) is 5.69 Å². The van der Waals surface area contributed by atoms with E-state index in [4.69, 9.17) is 10.00 Å². The van der Waals surface area contributed by atoms with Crippen LogP contribution >= 0.6 is 0 Å². The maximum absolute atomic E-state index is 12.2. The molecule has 6 heteroatoms. The van der Waals surface area contributed by atoms with Crippen LogP contribution in [0.5, 0.6) is 0 Å². The molecule has 0 saturated carbocycles. The van der Waals surface area contributed by atoms with Crippen molar-refractivity contribution in [3.8, 4) is 6.07 Å². The van der Waals surface area contributed by atoms with Gasteiger partial charge in [-0.15, -0.1) is 0 Å². The van der Waals surface area contributed by atoms with Crippen LogP contribution in [0.3, 0.4) is 0 Å². The molecule has 0 atom stereocenters. The van der Waals surface area contributed by atoms with Crippen molar-refractivity contribution in [3.63, 3.8) is 0 Å². The second-order valence-electron chi connectivity index (χ2n) is 4.72. The van der Waals surface area contributed by atoms with Crippen molar-refractivity contribution in [1.29, 1.82) is 5.26 Å². The number of hydrogen-bond donors (Lipinski definition) is 0. The van der Waals surface area contributed by atoms with Crippen molar-refractivity contribution in [2.24, 2.45) is 0 Å². The molecule has 1 amide bonds. The number of esters is 1. The SMILES string of the molecule is CCOC(=O)CN1CCN(c2ccc(C#N)cc2)C(=O)C1. The van der Waals surface area contributed by atoms with Crippen molar-refractivity contribution in [1.82, 2.24) is 4.90 Å². The minimum Gasteiger partial charge on any atom is -0.465 e. The number of benzene rings is 1. The van der Waals surface area contributed by atoms with Gasteiger partial charge in [0.25, 0.3) is 0 Å². The van der Waals surface area contributed by atoms with Crippen molar-refractivity contribution in [2.75, 3.05) is 37.7 Å². The van der Waals surface area contributed by atoms with Crippen LogP contribution in [0.4, 0.5) is 5.69 Å². The van der Waals surface area contributed by atoms with E-state index in [9.17, 15) is 9.59 Å². The number of nitriles is 1. The summed E-state index contributed by atoms with van der Waals surface area (Å²) < 4.78 is 4.88. The normalized spacial score (nSPS) is 15.6. The molecule has 0 aromatic heterocycles. The Morgan fingerprint density at radius 1 is 1.33 bits per heavy atom. The van der Waals surface area contributed by atoms with Crippen LogP contribution in [0.15, 0.2) is 24.3 Å². The molecule has 0 spiro atoms. The van der Waals surface area contributed by atoms with Crippen molar-refractivity contribution in [3.05, 3.63) is 29.8 Å². The lowest BCUT2D eigenvalue weighted by atomic mass is 10.2. The lowest BCUT2D eigenvalue weighted by Gasteiger charge is -2.33. The maximum atomic E-state index is 12.2. The molecule has 1 fully saturated rings. The smallest absolute Gasteiger partial charge is 0.320 e. The number of piperazine rings is 1. The number of carbonyl (C=O) groups excluding carboxylic acids is 2. The van der Waals surface area contributed by atoms with E-state index in [1.54, 1.807) is 41.0 Å². The first-order chi connectivity index (χ1) is 10.1. The number of amides is 1. The summed E-state index contributed by atoms with van der Waals surface area (Å²) in [6.45, 7) is 3.57. The molecule has 1 saturated heterocycles. The zero-order valence-corrected chi connectivity index (χ0v) is 11.9. The lowest BCUT2D eigenvalue weighted by Crippen LogP contribution is -2.51. The number of anilines is 1. The fourth-order valence-electron chi connectivity index (χ4n) is 2.23. The van der Waals surface area contributed by atoms with E-state index in [-0.39, 0.29) is 25.0 Å². The molecule has 1 aliphatic heterocycles. The largest absolute Gasteiger partial charge is 0.465 e. The first-order valence-electron chi connectivity index (χ1n) is 6.82. The Morgan fingerprint density at radius 3 is 2.62 bits per heavy atom. The molecule has 0 N–H and O–H groups in total. The highest BCUT2D eigenvalue weighted by molar-refractivity contribution is 5.95. The standard InChI is InChI=1S/C15H17N3O3/c1-2-21-15(20)11-17-7-8-18(14(19)10-17)13-5-3-12(9-16)4-6-13/h3-6H,2,7-8,10-11H2,1H3. The highest BCUT2D eigenvalue weighted by Gasteiger charge is 2.26. The molecule has 1 heterocycles. The van der Waals surface area contributed by atoms with E-state index in [0.29, 0.717) is 25.3 Å². The van der Waals surface area contributed by atoms with Gasteiger partial charge < -0.3 is 9.64 Å². The zero-order chi connectivity index (χ0) is 15.2. The third-order valence-electron chi connectivity index (χ3n) is 3.27. The van der Waals surface area contributed by atoms with Gasteiger partial charge in [-0.25, -0.2) is 0 Å². The van der Waals surface area contributed by atoms with E-state index in [1.165, 1.54) is 0 Å². The van der Waals surface area contributed by atoms with Crippen molar-refractivity contribution in [2.45, 2.75) is 6.92 Å². The Hall–Kier alpha value is -2.39. The highest BCUT2D eigenvalue weighted by atomic mass is 16.5. The van der Waals surface area contributed by atoms with Crippen LogP contribution in [0.1, 0.15) is 12.5 Å². The van der Waals surface area contributed by atoms with Gasteiger partial charge in [-0.2, -0.15) is 5.26 Å². The van der Waals surface area contributed by atoms with Crippen molar-refractivity contribution < 1.29 is 14.3 Å². The average molecular weight is 287 g/mol. The first kappa shape index (κ1) is 15.0. The molecule has 6 nitrogen and oxygen atoms in total. The molecule has 21 heavy (non-hydrogen) atoms. The number of rotatable bonds is 4. The summed E-state index contributed by atoms with van der Waals surface area (Å²) in [5.41, 5.74) is 1.34. The summed E-state index contributed by atoms with van der Waals surface area (Å²) in [4.78, 5) is 27.0. The van der Waals surface area contributed by atoms with Crippen LogP contribution in [-0.4, -0.2) is 49.6 Å². The van der Waals surface area contributed by atoms with E-state index >= 15 is 0 Å². The molecule has 0 aliphatic carbocycles. The minimum absolute atomic E-state index is 0.0599. The third kappa shape index (κ3) is 3.80. The fourth-order valence-corrected chi connectivity index (χ4v) is 2.23. The molecule has 1 aromatic carbocycles. The molecule has 0 radical (unpaired) electrons. The van der Waals surface area contributed by atoms with Gasteiger partial charge in [-0.05, 0) is 31.2 Å². The van der Waals surface area contributed by atoms with E-state index in [1.807, 2.05) is 6.07 Å². The van der Waals surface area contributed by atoms with Crippen molar-refractivity contribution >= 4 is 17.6 Å². The van der Waals surface area contributed by atoms with Crippen LogP contribution < -0.4 is 4.90 Å². The van der Waals surface area contributed by atoms with Crippen LogP contribution in [0, 0.1) is 11.3 Å². The molecule has 2 rings (SSSR count). The van der Waals surface area contributed by atoms with Gasteiger partial charge in [0.05, 0.1) is 31.3 Å². The molecule has 110 valence electrons. The molecular weight excluding hydrogens is 270 g/mol. The van der Waals surface area contributed by atoms with E-state index in [2.05, 4.69) is 0 Å². The number of nitrogens with zero attached hydrogens (tertiary/aromatic N) is 3. The molecule has 1 aliphatic rings. The molecule has 1 aromatic rings. The quantitative estimate of drug-likeness (QED) is 0.765. The summed E-state index contributed by atoms with van der Waals surface area (Å²) in [5.74, 6) is -0.368. The fraction of sp³-hybridized carbons (Fsp3) is 0.400. The number of carbonyl (C=O) groups is 2. The van der Waals surface area contributed by atoms with Gasteiger partial charge in [0, 0.05) is 18.8 Å². The van der Waals surface area contributed by atoms with Crippen LogP contribution in [-0.2, 0) is 14.3 Å². The van der Waals surface area contributed by atoms with Gasteiger partial charge >= 0.3 is 5.97 Å². The third-order valence-corrected chi connectivity index (χ3v) is 3.27. The van der Waals surface area contributed by atoms with Gasteiger partial charge in [0.2, 0.25) is 5.91 Å². The monoisotopic (exact) mass is 287 g/mol. The Labute approximate surface area is 123 Å². The van der Waals surface area contributed by atoms with Crippen LogP contribution in [0.25, 0.3) is 0 Å². The zero-order valence-electron chi connectivity index (χ0n) is 11.9. The second-order valence-corrected chi connectivity index (χ2v) is 4.72. The van der Waals surface area contributed by atoms with Gasteiger partial charge in [-0.3, -0.25) is 14.5 Å². The van der Waals surface area contributed by atoms with Gasteiger partial charge in [0.15, 0.2) is 0 Å². The Kier molecular flexibility index (Phi) is 4.90. The average Bonchev–Trinajstić information content (AvgIpc) is 2.48. The Bertz CT molecular complexity index is 563. The Balaban J connectivity index is 1.96. The van der Waals surface area contributed by atoms with E-state index < -0.39 is 0 Å². The van der Waals surface area contributed by atoms with Crippen LogP contribution in [0.2, 0.25) is 0 Å². The number of hydrogen-bond acceptors (Lipinski definition) is 5. The summed E-state index contributed by atoms with van der Waals surface area (Å²) in [7, 11) is 0. The predicted molar refractivity (Wildman–Crippen MR) is 76.6 cm³/mol. The second kappa shape index (κ2) is 6.86. The highest BCUT2D eigenvalue weighted by Crippen LogP contribution is 2.18. The summed E-state index contributed by atoms with van der Waals surface area (Å²) in [6.07, 6.45) is 0. The topological polar surface area (TPSA) is 73.6 Å². The Morgan fingerprint density at radius 2 is 2.05 bits per heavy atom. The van der Waals surface area contributed by atoms with Gasteiger partial charge in [0.1, 0.15) is 0 Å². The van der Waals surface area contributed by atoms with Gasteiger partial charge in [-0.1, -0.05) is 0 Å². The number of ether oxygens (including phenoxy) is 1.